The van der Waals surface area contributed by atoms with Crippen LogP contribution in [0, 0.1) is 0 Å². The largest absolute Gasteiger partial charge is 0.343 e. The SMILES string of the molecule is Cn1c(-c2ncc[nH]2)cc2sccc21. The summed E-state index contributed by atoms with van der Waals surface area (Å²) >= 11 is 1.76. The van der Waals surface area contributed by atoms with E-state index >= 15 is 0 Å². The Balaban J connectivity index is 2.32. The molecule has 0 saturated carbocycles. The zero-order valence-corrected chi connectivity index (χ0v) is 8.51. The molecule has 0 amide bonds. The highest BCUT2D eigenvalue weighted by Gasteiger charge is 2.09. The van der Waals surface area contributed by atoms with Gasteiger partial charge < -0.3 is 9.55 Å². The zero-order valence-electron chi connectivity index (χ0n) is 7.69. The molecule has 0 unspecified atom stereocenters. The van der Waals surface area contributed by atoms with Gasteiger partial charge in [-0.25, -0.2) is 4.98 Å². The van der Waals surface area contributed by atoms with Gasteiger partial charge in [-0.1, -0.05) is 0 Å². The van der Waals surface area contributed by atoms with Crippen LogP contribution in [0.4, 0.5) is 0 Å². The van der Waals surface area contributed by atoms with E-state index in [9.17, 15) is 0 Å². The van der Waals surface area contributed by atoms with Gasteiger partial charge in [0.2, 0.25) is 0 Å². The van der Waals surface area contributed by atoms with Gasteiger partial charge >= 0.3 is 0 Å². The van der Waals surface area contributed by atoms with Crippen LogP contribution in [0.5, 0.6) is 0 Å². The van der Waals surface area contributed by atoms with Crippen LogP contribution < -0.4 is 0 Å². The molecule has 0 aromatic carbocycles. The Kier molecular flexibility index (Phi) is 1.52. The van der Waals surface area contributed by atoms with Gasteiger partial charge in [-0.05, 0) is 17.5 Å². The van der Waals surface area contributed by atoms with Crippen LogP contribution in [0.1, 0.15) is 0 Å². The fourth-order valence-electron chi connectivity index (χ4n) is 1.68. The molecule has 3 heterocycles. The minimum absolute atomic E-state index is 0.927. The molecule has 0 atom stereocenters. The van der Waals surface area contributed by atoms with Gasteiger partial charge in [-0.2, -0.15) is 0 Å². The van der Waals surface area contributed by atoms with Crippen molar-refractivity contribution in [3.63, 3.8) is 0 Å². The standard InChI is InChI=1S/C10H9N3S/c1-13-7-2-5-14-9(7)6-8(13)10-11-3-4-12-10/h2-6H,1H3,(H,11,12). The number of thiophene rings is 1. The lowest BCUT2D eigenvalue weighted by Gasteiger charge is -1.98. The highest BCUT2D eigenvalue weighted by atomic mass is 32.1. The van der Waals surface area contributed by atoms with Crippen molar-refractivity contribution in [2.24, 2.45) is 7.05 Å². The van der Waals surface area contributed by atoms with Gasteiger partial charge in [0.1, 0.15) is 0 Å². The lowest BCUT2D eigenvalue weighted by Crippen LogP contribution is -1.91. The number of aryl methyl sites for hydroxylation is 1. The molecule has 0 aliphatic carbocycles. The van der Waals surface area contributed by atoms with Crippen LogP contribution >= 0.6 is 11.3 Å². The van der Waals surface area contributed by atoms with Crippen LogP contribution in [0.2, 0.25) is 0 Å². The van der Waals surface area contributed by atoms with Crippen LogP contribution in [0.25, 0.3) is 21.7 Å². The molecule has 3 aromatic rings. The number of imidazole rings is 1. The van der Waals surface area contributed by atoms with Crippen molar-refractivity contribution in [3.8, 4) is 11.5 Å². The van der Waals surface area contributed by atoms with Gasteiger partial charge in [0, 0.05) is 19.4 Å². The predicted molar refractivity (Wildman–Crippen MR) is 58.4 cm³/mol. The van der Waals surface area contributed by atoms with Crippen LogP contribution in [0.3, 0.4) is 0 Å². The first-order valence-electron chi connectivity index (χ1n) is 4.39. The second-order valence-corrected chi connectivity index (χ2v) is 4.14. The highest BCUT2D eigenvalue weighted by Crippen LogP contribution is 2.28. The monoisotopic (exact) mass is 203 g/mol. The summed E-state index contributed by atoms with van der Waals surface area (Å²) in [5, 5.41) is 2.11. The molecule has 0 spiro atoms. The Morgan fingerprint density at radius 2 is 2.43 bits per heavy atom. The van der Waals surface area contributed by atoms with E-state index in [1.807, 2.05) is 6.20 Å². The number of fused-ring (bicyclic) bond motifs is 1. The molecule has 0 radical (unpaired) electrons. The molecule has 70 valence electrons. The number of nitrogens with one attached hydrogen (secondary N) is 1. The molecule has 0 saturated heterocycles. The Hall–Kier alpha value is -1.55. The Bertz CT molecular complexity index is 559. The topological polar surface area (TPSA) is 33.6 Å². The third-order valence-electron chi connectivity index (χ3n) is 2.40. The maximum Gasteiger partial charge on any atom is 0.154 e. The summed E-state index contributed by atoms with van der Waals surface area (Å²) in [5.41, 5.74) is 2.40. The van der Waals surface area contributed by atoms with Crippen molar-refractivity contribution >= 4 is 21.6 Å². The fraction of sp³-hybridized carbons (Fsp3) is 0.100. The molecule has 0 fully saturated rings. The summed E-state index contributed by atoms with van der Waals surface area (Å²) in [5.74, 6) is 0.927. The molecule has 0 aliphatic rings. The quantitative estimate of drug-likeness (QED) is 0.648. The molecule has 4 heteroatoms. The average molecular weight is 203 g/mol. The van der Waals surface area contributed by atoms with Crippen LogP contribution in [0.15, 0.2) is 29.9 Å². The first-order valence-corrected chi connectivity index (χ1v) is 5.27. The average Bonchev–Trinajstić information content (AvgIpc) is 2.84. The second-order valence-electron chi connectivity index (χ2n) is 3.20. The molecule has 3 nitrogen and oxygen atoms in total. The fourth-order valence-corrected chi connectivity index (χ4v) is 2.53. The molecular weight excluding hydrogens is 194 g/mol. The summed E-state index contributed by atoms with van der Waals surface area (Å²) in [7, 11) is 2.06. The molecule has 0 aliphatic heterocycles. The number of H-pyrrole nitrogens is 1. The maximum absolute atomic E-state index is 4.25. The Morgan fingerprint density at radius 3 is 3.14 bits per heavy atom. The third kappa shape index (κ3) is 0.943. The zero-order chi connectivity index (χ0) is 9.54. The summed E-state index contributed by atoms with van der Waals surface area (Å²) in [6.07, 6.45) is 3.62. The lowest BCUT2D eigenvalue weighted by atomic mass is 10.4. The van der Waals surface area contributed by atoms with Crippen molar-refractivity contribution in [2.75, 3.05) is 0 Å². The van der Waals surface area contributed by atoms with Crippen molar-refractivity contribution in [3.05, 3.63) is 29.9 Å². The Morgan fingerprint density at radius 1 is 1.50 bits per heavy atom. The van der Waals surface area contributed by atoms with Crippen molar-refractivity contribution in [2.45, 2.75) is 0 Å². The van der Waals surface area contributed by atoms with Crippen molar-refractivity contribution in [1.29, 1.82) is 0 Å². The summed E-state index contributed by atoms with van der Waals surface area (Å²) in [6, 6.07) is 4.30. The smallest absolute Gasteiger partial charge is 0.154 e. The number of rotatable bonds is 1. The van der Waals surface area contributed by atoms with Crippen molar-refractivity contribution < 1.29 is 0 Å². The normalized spacial score (nSPS) is 11.2. The Labute approximate surface area is 85.0 Å². The first kappa shape index (κ1) is 7.82. The van der Waals surface area contributed by atoms with Gasteiger partial charge in [0.25, 0.3) is 0 Å². The van der Waals surface area contributed by atoms with E-state index in [0.29, 0.717) is 0 Å². The summed E-state index contributed by atoms with van der Waals surface area (Å²) in [4.78, 5) is 7.37. The minimum atomic E-state index is 0.927. The van der Waals surface area contributed by atoms with E-state index in [2.05, 4.69) is 39.1 Å². The highest BCUT2D eigenvalue weighted by molar-refractivity contribution is 7.17. The minimum Gasteiger partial charge on any atom is -0.343 e. The number of aromatic amines is 1. The number of hydrogen-bond acceptors (Lipinski definition) is 2. The molecular formula is C10H9N3S. The third-order valence-corrected chi connectivity index (χ3v) is 3.26. The number of aromatic nitrogens is 3. The first-order chi connectivity index (χ1) is 6.86. The molecule has 0 bridgehead atoms. The van der Waals surface area contributed by atoms with Gasteiger partial charge in [0.15, 0.2) is 5.82 Å². The van der Waals surface area contributed by atoms with E-state index in [1.165, 1.54) is 10.2 Å². The van der Waals surface area contributed by atoms with Gasteiger partial charge in [-0.15, -0.1) is 11.3 Å². The molecule has 1 N–H and O–H groups in total. The van der Waals surface area contributed by atoms with Gasteiger partial charge in [0.05, 0.1) is 15.9 Å². The molecule has 14 heavy (non-hydrogen) atoms. The van der Waals surface area contributed by atoms with Crippen LogP contribution in [-0.2, 0) is 7.05 Å². The molecule has 3 aromatic heterocycles. The number of hydrogen-bond donors (Lipinski definition) is 1. The number of nitrogens with zero attached hydrogens (tertiary/aromatic N) is 2. The van der Waals surface area contributed by atoms with Gasteiger partial charge in [-0.3, -0.25) is 0 Å². The maximum atomic E-state index is 4.25. The lowest BCUT2D eigenvalue weighted by molar-refractivity contribution is 0.965. The summed E-state index contributed by atoms with van der Waals surface area (Å²) in [6.45, 7) is 0. The van der Waals surface area contributed by atoms with Crippen LogP contribution in [-0.4, -0.2) is 14.5 Å². The van der Waals surface area contributed by atoms with E-state index < -0.39 is 0 Å². The van der Waals surface area contributed by atoms with E-state index in [4.69, 9.17) is 0 Å². The van der Waals surface area contributed by atoms with E-state index in [0.717, 1.165) is 11.5 Å². The van der Waals surface area contributed by atoms with Crippen molar-refractivity contribution in [1.82, 2.24) is 14.5 Å². The summed E-state index contributed by atoms with van der Waals surface area (Å²) < 4.78 is 3.46. The van der Waals surface area contributed by atoms with E-state index in [-0.39, 0.29) is 0 Å². The van der Waals surface area contributed by atoms with E-state index in [1.54, 1.807) is 17.5 Å². The second kappa shape index (κ2) is 2.72. The molecule has 3 rings (SSSR count). The predicted octanol–water partition coefficient (Wildman–Crippen LogP) is 2.63.